The Morgan fingerprint density at radius 3 is 1.69 bits per heavy atom. The van der Waals surface area contributed by atoms with E-state index in [4.69, 9.17) is 4.42 Å². The van der Waals surface area contributed by atoms with Crippen LogP contribution in [0.2, 0.25) is 0 Å². The molecule has 0 bridgehead atoms. The first kappa shape index (κ1) is 32.2. The van der Waals surface area contributed by atoms with Gasteiger partial charge in [0.2, 0.25) is 0 Å². The van der Waals surface area contributed by atoms with Gasteiger partial charge in [0.15, 0.2) is 5.58 Å². The lowest BCUT2D eigenvalue weighted by molar-refractivity contribution is 0.669. The van der Waals surface area contributed by atoms with Crippen molar-refractivity contribution in [2.45, 2.75) is 0 Å². The third-order valence-electron chi connectivity index (χ3n) is 10.3. The lowest BCUT2D eigenvalue weighted by atomic mass is 10.00. The van der Waals surface area contributed by atoms with Gasteiger partial charge in [0.25, 0.3) is 0 Å². The fourth-order valence-corrected chi connectivity index (χ4v) is 7.81. The molecule has 2 aromatic heterocycles. The molecule has 0 aliphatic heterocycles. The van der Waals surface area contributed by atoms with Crippen molar-refractivity contribution in [3.05, 3.63) is 213 Å². The Morgan fingerprint density at radius 1 is 0.400 bits per heavy atom. The van der Waals surface area contributed by atoms with Crippen LogP contribution >= 0.6 is 0 Å². The maximum Gasteiger partial charge on any atom is 0.161 e. The van der Waals surface area contributed by atoms with E-state index in [2.05, 4.69) is 215 Å². The third-order valence-corrected chi connectivity index (χ3v) is 10.3. The molecule has 0 saturated heterocycles. The van der Waals surface area contributed by atoms with Gasteiger partial charge < -0.3 is 14.2 Å². The minimum atomic E-state index is 0.797. The number of pyridine rings is 1. The average Bonchev–Trinajstić information content (AvgIpc) is 3.66. The first-order valence-corrected chi connectivity index (χ1v) is 18.5. The Hall–Kier alpha value is -7.43. The monoisotopic (exact) mass is 705 g/mol. The molecule has 0 aliphatic carbocycles. The molecule has 4 nitrogen and oxygen atoms in total. The highest BCUT2D eigenvalue weighted by Gasteiger charge is 2.29. The van der Waals surface area contributed by atoms with Gasteiger partial charge in [-0.1, -0.05) is 127 Å². The predicted molar refractivity (Wildman–Crippen MR) is 229 cm³/mol. The lowest BCUT2D eigenvalue weighted by Crippen LogP contribution is -2.17. The van der Waals surface area contributed by atoms with E-state index >= 15 is 0 Å². The maximum atomic E-state index is 7.11. The van der Waals surface area contributed by atoms with Crippen molar-refractivity contribution in [1.82, 2.24) is 4.98 Å². The van der Waals surface area contributed by atoms with E-state index in [-0.39, 0.29) is 0 Å². The van der Waals surface area contributed by atoms with Gasteiger partial charge in [0.1, 0.15) is 11.3 Å². The predicted octanol–water partition coefficient (Wildman–Crippen LogP) is 14.4. The lowest BCUT2D eigenvalue weighted by Gasteiger charge is -2.34. The Morgan fingerprint density at radius 2 is 0.982 bits per heavy atom. The Balaban J connectivity index is 1.31. The summed E-state index contributed by atoms with van der Waals surface area (Å²) in [5.41, 5.74) is 12.2. The van der Waals surface area contributed by atoms with Crippen LogP contribution in [0, 0.1) is 0 Å². The molecule has 4 heteroatoms. The molecule has 0 aliphatic rings. The van der Waals surface area contributed by atoms with Crippen molar-refractivity contribution in [1.29, 1.82) is 0 Å². The second kappa shape index (κ2) is 13.8. The van der Waals surface area contributed by atoms with E-state index in [1.54, 1.807) is 0 Å². The number of hydrogen-bond acceptors (Lipinski definition) is 4. The summed E-state index contributed by atoms with van der Waals surface area (Å²) in [7, 11) is 0. The number of rotatable bonds is 8. The zero-order valence-corrected chi connectivity index (χ0v) is 30.0. The topological polar surface area (TPSA) is 32.5 Å². The van der Waals surface area contributed by atoms with Crippen LogP contribution in [0.25, 0.3) is 55.0 Å². The van der Waals surface area contributed by atoms with Crippen molar-refractivity contribution in [3.63, 3.8) is 0 Å². The summed E-state index contributed by atoms with van der Waals surface area (Å²) in [5, 5.41) is 4.29. The highest BCUT2D eigenvalue weighted by atomic mass is 16.3. The maximum absolute atomic E-state index is 7.11. The summed E-state index contributed by atoms with van der Waals surface area (Å²) in [6.45, 7) is 0. The molecular formula is C51H35N3O. The van der Waals surface area contributed by atoms with Crippen LogP contribution in [0.3, 0.4) is 0 Å². The second-order valence-corrected chi connectivity index (χ2v) is 13.6. The molecule has 0 atom stereocenters. The molecule has 55 heavy (non-hydrogen) atoms. The van der Waals surface area contributed by atoms with E-state index in [9.17, 15) is 0 Å². The van der Waals surface area contributed by atoms with Gasteiger partial charge in [-0.3, -0.25) is 4.98 Å². The summed E-state index contributed by atoms with van der Waals surface area (Å²) >= 11 is 0. The molecule has 8 aromatic carbocycles. The molecule has 0 N–H and O–H groups in total. The van der Waals surface area contributed by atoms with Gasteiger partial charge in [0.05, 0.1) is 11.4 Å². The average molecular weight is 706 g/mol. The van der Waals surface area contributed by atoms with Crippen LogP contribution in [-0.4, -0.2) is 4.98 Å². The van der Waals surface area contributed by atoms with Gasteiger partial charge in [-0.05, 0) is 94.9 Å². The van der Waals surface area contributed by atoms with Crippen molar-refractivity contribution in [3.8, 4) is 22.3 Å². The van der Waals surface area contributed by atoms with Gasteiger partial charge in [0, 0.05) is 51.2 Å². The largest absolute Gasteiger partial charge is 0.454 e. The standard InChI is InChI=1S/C51H35N3O/c1-5-15-36(16-6-1)37-25-28-42(29-26-37)53(40-19-9-3-10-20-40)47-31-30-45-49-44-33-34-52-35-39(44)27-32-48(49)55-51(45)50(47)54(41-21-11-4-12-22-41)46-24-14-13-23-43(46)38-17-7-2-8-18-38/h1-35H. The molecule has 10 aromatic rings. The van der Waals surface area contributed by atoms with Crippen molar-refractivity contribution in [2.75, 3.05) is 9.80 Å². The first-order chi connectivity index (χ1) is 27.3. The van der Waals surface area contributed by atoms with Crippen LogP contribution < -0.4 is 9.80 Å². The Kier molecular flexibility index (Phi) is 8.12. The summed E-state index contributed by atoms with van der Waals surface area (Å²) in [6.07, 6.45) is 3.78. The smallest absolute Gasteiger partial charge is 0.161 e. The highest BCUT2D eigenvalue weighted by Crippen LogP contribution is 2.52. The van der Waals surface area contributed by atoms with Crippen LogP contribution in [-0.2, 0) is 0 Å². The van der Waals surface area contributed by atoms with E-state index in [1.165, 1.54) is 5.56 Å². The number of nitrogens with zero attached hydrogens (tertiary/aromatic N) is 3. The van der Waals surface area contributed by atoms with Crippen LogP contribution in [0.15, 0.2) is 217 Å². The molecule has 0 radical (unpaired) electrons. The van der Waals surface area contributed by atoms with Crippen LogP contribution in [0.1, 0.15) is 0 Å². The second-order valence-electron chi connectivity index (χ2n) is 13.6. The number of aromatic nitrogens is 1. The van der Waals surface area contributed by atoms with Gasteiger partial charge in [-0.2, -0.15) is 0 Å². The number of hydrogen-bond donors (Lipinski definition) is 0. The van der Waals surface area contributed by atoms with Gasteiger partial charge in [-0.15, -0.1) is 0 Å². The molecule has 0 fully saturated rings. The number of anilines is 6. The van der Waals surface area contributed by atoms with E-state index in [0.29, 0.717) is 0 Å². The van der Waals surface area contributed by atoms with Crippen LogP contribution in [0.4, 0.5) is 34.1 Å². The fourth-order valence-electron chi connectivity index (χ4n) is 7.81. The Labute approximate surface area is 319 Å². The van der Waals surface area contributed by atoms with Crippen LogP contribution in [0.5, 0.6) is 0 Å². The zero-order valence-electron chi connectivity index (χ0n) is 30.0. The Bertz CT molecular complexity index is 2910. The van der Waals surface area contributed by atoms with E-state index < -0.39 is 0 Å². The van der Waals surface area contributed by atoms with Crippen molar-refractivity contribution >= 4 is 66.8 Å². The number of benzene rings is 8. The summed E-state index contributed by atoms with van der Waals surface area (Å²) in [6, 6.07) is 70.6. The van der Waals surface area contributed by atoms with Gasteiger partial charge in [-0.25, -0.2) is 0 Å². The first-order valence-electron chi connectivity index (χ1n) is 18.5. The molecule has 260 valence electrons. The number of fused-ring (bicyclic) bond motifs is 5. The normalized spacial score (nSPS) is 11.3. The quantitative estimate of drug-likeness (QED) is 0.158. The number of furan rings is 1. The summed E-state index contributed by atoms with van der Waals surface area (Å²) in [5.74, 6) is 0. The van der Waals surface area contributed by atoms with Crippen molar-refractivity contribution < 1.29 is 4.42 Å². The zero-order chi connectivity index (χ0) is 36.6. The minimum absolute atomic E-state index is 0.797. The molecule has 10 rings (SSSR count). The molecule has 0 saturated carbocycles. The SMILES string of the molecule is c1ccc(-c2ccc(N(c3ccccc3)c3ccc4c(oc5ccc6cnccc6c54)c3N(c3ccccc3)c3ccccc3-c3ccccc3)cc2)cc1. The van der Waals surface area contributed by atoms with Gasteiger partial charge >= 0.3 is 0 Å². The van der Waals surface area contributed by atoms with E-state index in [0.717, 1.165) is 83.5 Å². The molecule has 2 heterocycles. The summed E-state index contributed by atoms with van der Waals surface area (Å²) < 4.78 is 7.11. The highest BCUT2D eigenvalue weighted by molar-refractivity contribution is 6.22. The third kappa shape index (κ3) is 5.77. The molecular weight excluding hydrogens is 671 g/mol. The number of para-hydroxylation sites is 3. The fraction of sp³-hybridized carbons (Fsp3) is 0. The molecule has 0 amide bonds. The molecule has 0 unspecified atom stereocenters. The van der Waals surface area contributed by atoms with E-state index in [1.807, 2.05) is 12.4 Å². The minimum Gasteiger partial charge on any atom is -0.454 e. The molecule has 0 spiro atoms. The summed E-state index contributed by atoms with van der Waals surface area (Å²) in [4.78, 5) is 9.15. The van der Waals surface area contributed by atoms with Crippen molar-refractivity contribution in [2.24, 2.45) is 0 Å².